The molecule has 0 bridgehead atoms. The van der Waals surface area contributed by atoms with Gasteiger partial charge in [-0.05, 0) is 24.8 Å². The number of amides is 1. The van der Waals surface area contributed by atoms with Crippen LogP contribution < -0.4 is 16.6 Å². The Balaban J connectivity index is 1.61. The number of ketones is 1. The third-order valence-electron chi connectivity index (χ3n) is 5.21. The van der Waals surface area contributed by atoms with Crippen LogP contribution >= 0.6 is 0 Å². The number of nitrogen functional groups attached to an aromatic ring is 1. The van der Waals surface area contributed by atoms with E-state index in [0.717, 1.165) is 5.56 Å². The Hall–Kier alpha value is -4.15. The van der Waals surface area contributed by atoms with Crippen LogP contribution in [-0.4, -0.2) is 49.7 Å². The van der Waals surface area contributed by atoms with E-state index in [1.165, 1.54) is 13.2 Å². The summed E-state index contributed by atoms with van der Waals surface area (Å²) in [5.41, 5.74) is 7.30. The molecule has 2 heterocycles. The monoisotopic (exact) mass is 452 g/mol. The first kappa shape index (κ1) is 23.5. The highest BCUT2D eigenvalue weighted by atomic mass is 16.4. The molecule has 11 nitrogen and oxygen atoms in total. The molecule has 1 atom stereocenters. The highest BCUT2D eigenvalue weighted by Crippen LogP contribution is 2.17. The number of hydrogen-bond donors (Lipinski definition) is 4. The Bertz CT molecular complexity index is 1240. The maximum Gasteiger partial charge on any atom is 0.306 e. The van der Waals surface area contributed by atoms with Crippen molar-refractivity contribution >= 4 is 34.8 Å². The number of fused-ring (bicyclic) bond motifs is 1. The number of carbonyl (C=O) groups is 3. The minimum atomic E-state index is -1.10. The molecular formula is C22H24N6O5. The van der Waals surface area contributed by atoms with Crippen molar-refractivity contribution in [2.75, 3.05) is 12.8 Å². The zero-order valence-electron chi connectivity index (χ0n) is 18.0. The van der Waals surface area contributed by atoms with Gasteiger partial charge in [0.15, 0.2) is 16.9 Å². The lowest BCUT2D eigenvalue weighted by molar-refractivity contribution is -0.142. The van der Waals surface area contributed by atoms with Gasteiger partial charge in [-0.15, -0.1) is 0 Å². The normalized spacial score (nSPS) is 11.8. The number of nitrogens with zero attached hydrogens (tertiary/aromatic N) is 3. The first-order valence-electron chi connectivity index (χ1n) is 10.3. The number of nitrogens with one attached hydrogen (secondary N) is 2. The van der Waals surface area contributed by atoms with Crippen molar-refractivity contribution in [1.29, 1.82) is 0 Å². The predicted molar refractivity (Wildman–Crippen MR) is 120 cm³/mol. The molecule has 0 aliphatic heterocycles. The molecule has 0 aliphatic carbocycles. The van der Waals surface area contributed by atoms with Crippen molar-refractivity contribution in [3.8, 4) is 0 Å². The second-order valence-corrected chi connectivity index (χ2v) is 7.56. The van der Waals surface area contributed by atoms with E-state index in [0.29, 0.717) is 24.1 Å². The second kappa shape index (κ2) is 10.4. The van der Waals surface area contributed by atoms with E-state index >= 15 is 0 Å². The van der Waals surface area contributed by atoms with E-state index in [1.807, 2.05) is 0 Å². The number of hydrogen-bond acceptors (Lipinski definition) is 8. The molecule has 0 aliphatic rings. The van der Waals surface area contributed by atoms with Crippen LogP contribution in [0.15, 0.2) is 35.3 Å². The number of rotatable bonds is 10. The minimum absolute atomic E-state index is 0.0229. The van der Waals surface area contributed by atoms with Gasteiger partial charge in [0, 0.05) is 25.5 Å². The molecule has 0 spiro atoms. The van der Waals surface area contributed by atoms with E-state index in [1.54, 1.807) is 24.3 Å². The molecule has 172 valence electrons. The van der Waals surface area contributed by atoms with Crippen molar-refractivity contribution in [2.45, 2.75) is 32.1 Å². The summed E-state index contributed by atoms with van der Waals surface area (Å²) < 4.78 is 0. The van der Waals surface area contributed by atoms with Crippen LogP contribution in [-0.2, 0) is 22.4 Å². The van der Waals surface area contributed by atoms with E-state index in [4.69, 9.17) is 5.73 Å². The molecule has 0 saturated heterocycles. The quantitative estimate of drug-likeness (QED) is 0.325. The molecule has 33 heavy (non-hydrogen) atoms. The summed E-state index contributed by atoms with van der Waals surface area (Å²) in [4.78, 5) is 62.0. The van der Waals surface area contributed by atoms with Crippen LogP contribution in [0.5, 0.6) is 0 Å². The summed E-state index contributed by atoms with van der Waals surface area (Å²) in [5.74, 6) is -2.60. The Kier molecular flexibility index (Phi) is 7.44. The Labute approximate surface area is 188 Å². The summed E-state index contributed by atoms with van der Waals surface area (Å²) in [6.45, 7) is 0. The molecule has 0 saturated carbocycles. The van der Waals surface area contributed by atoms with Crippen LogP contribution in [0.2, 0.25) is 0 Å². The van der Waals surface area contributed by atoms with Gasteiger partial charge in [0.05, 0.1) is 17.8 Å². The van der Waals surface area contributed by atoms with Crippen LogP contribution in [0, 0.1) is 5.92 Å². The average Bonchev–Trinajstić information content (AvgIpc) is 2.80. The summed E-state index contributed by atoms with van der Waals surface area (Å²) in [5, 5.41) is 11.8. The fraction of sp³-hybridized carbons (Fsp3) is 0.318. The fourth-order valence-electron chi connectivity index (χ4n) is 3.31. The molecule has 1 amide bonds. The van der Waals surface area contributed by atoms with Gasteiger partial charge < -0.3 is 16.2 Å². The number of carbonyl (C=O) groups excluding carboxylic acids is 2. The number of H-pyrrole nitrogens is 1. The number of benzene rings is 1. The number of anilines is 1. The molecule has 0 radical (unpaired) electrons. The number of aromatic amines is 1. The zero-order valence-corrected chi connectivity index (χ0v) is 18.0. The molecule has 5 N–H and O–H groups in total. The van der Waals surface area contributed by atoms with Gasteiger partial charge in [-0.3, -0.25) is 24.2 Å². The maximum atomic E-state index is 12.5. The van der Waals surface area contributed by atoms with Gasteiger partial charge in [-0.1, -0.05) is 24.3 Å². The molecular weight excluding hydrogens is 428 g/mol. The van der Waals surface area contributed by atoms with E-state index in [9.17, 15) is 24.3 Å². The van der Waals surface area contributed by atoms with Crippen LogP contribution in [0.1, 0.15) is 40.9 Å². The number of aryl methyl sites for hydroxylation is 2. The SMILES string of the molecule is CNC(=O)CC[C@H](CC(=O)c1ccc(CCc2cnc3nc(N)[nH]c(=O)c3n2)cc1)C(=O)O. The highest BCUT2D eigenvalue weighted by molar-refractivity contribution is 5.98. The second-order valence-electron chi connectivity index (χ2n) is 7.56. The van der Waals surface area contributed by atoms with Crippen LogP contribution in [0.3, 0.4) is 0 Å². The zero-order chi connectivity index (χ0) is 24.0. The molecule has 1 aromatic carbocycles. The standard InChI is InChI=1S/C22H24N6O5/c1-24-17(30)9-7-14(21(32)33)10-16(29)13-5-2-12(3-6-13)4-8-15-11-25-19-18(26-15)20(31)28-22(23)27-19/h2-3,5-6,11,14H,4,7-10H2,1H3,(H,24,30)(H,32,33)(H3,23,25,27,28,31)/t14-/m1/s1. The highest BCUT2D eigenvalue weighted by Gasteiger charge is 2.22. The summed E-state index contributed by atoms with van der Waals surface area (Å²) in [7, 11) is 1.48. The lowest BCUT2D eigenvalue weighted by Crippen LogP contribution is -2.23. The summed E-state index contributed by atoms with van der Waals surface area (Å²) in [6, 6.07) is 6.88. The van der Waals surface area contributed by atoms with Crippen molar-refractivity contribution < 1.29 is 19.5 Å². The van der Waals surface area contributed by atoms with Gasteiger partial charge in [0.25, 0.3) is 5.56 Å². The Morgan fingerprint density at radius 2 is 1.88 bits per heavy atom. The van der Waals surface area contributed by atoms with E-state index in [2.05, 4.69) is 25.3 Å². The number of carboxylic acid groups (broad SMARTS) is 1. The topological polar surface area (TPSA) is 181 Å². The minimum Gasteiger partial charge on any atom is -0.481 e. The molecule has 0 unspecified atom stereocenters. The van der Waals surface area contributed by atoms with Gasteiger partial charge >= 0.3 is 5.97 Å². The first-order valence-corrected chi connectivity index (χ1v) is 10.3. The summed E-state index contributed by atoms with van der Waals surface area (Å²) in [6.07, 6.45) is 2.62. The molecule has 3 rings (SSSR count). The fourth-order valence-corrected chi connectivity index (χ4v) is 3.31. The average molecular weight is 452 g/mol. The third-order valence-corrected chi connectivity index (χ3v) is 5.21. The van der Waals surface area contributed by atoms with Gasteiger partial charge in [0.2, 0.25) is 11.9 Å². The lowest BCUT2D eigenvalue weighted by Gasteiger charge is -2.11. The number of carboxylic acids is 1. The lowest BCUT2D eigenvalue weighted by atomic mass is 9.93. The van der Waals surface area contributed by atoms with Crippen molar-refractivity contribution in [2.24, 2.45) is 5.92 Å². The largest absolute Gasteiger partial charge is 0.481 e. The molecule has 2 aromatic heterocycles. The molecule has 11 heteroatoms. The Morgan fingerprint density at radius 1 is 1.15 bits per heavy atom. The van der Waals surface area contributed by atoms with Crippen molar-refractivity contribution in [1.82, 2.24) is 25.3 Å². The van der Waals surface area contributed by atoms with E-state index in [-0.39, 0.29) is 48.1 Å². The first-order chi connectivity index (χ1) is 15.8. The maximum absolute atomic E-state index is 12.5. The van der Waals surface area contributed by atoms with Gasteiger partial charge in [-0.2, -0.15) is 4.98 Å². The number of Topliss-reactive ketones (excluding diaryl/α,β-unsaturated/α-hetero) is 1. The summed E-state index contributed by atoms with van der Waals surface area (Å²) >= 11 is 0. The number of nitrogens with two attached hydrogens (primary N) is 1. The Morgan fingerprint density at radius 3 is 2.55 bits per heavy atom. The third kappa shape index (κ3) is 6.19. The van der Waals surface area contributed by atoms with Crippen molar-refractivity contribution in [3.05, 3.63) is 57.6 Å². The number of aromatic nitrogens is 4. The smallest absolute Gasteiger partial charge is 0.306 e. The van der Waals surface area contributed by atoms with Crippen LogP contribution in [0.4, 0.5) is 5.95 Å². The molecule has 0 fully saturated rings. The van der Waals surface area contributed by atoms with Crippen LogP contribution in [0.25, 0.3) is 11.2 Å². The van der Waals surface area contributed by atoms with Crippen molar-refractivity contribution in [3.63, 3.8) is 0 Å². The van der Waals surface area contributed by atoms with Gasteiger partial charge in [-0.25, -0.2) is 9.97 Å². The molecule has 3 aromatic rings. The predicted octanol–water partition coefficient (Wildman–Crippen LogP) is 0.880. The van der Waals surface area contributed by atoms with E-state index < -0.39 is 17.4 Å². The van der Waals surface area contributed by atoms with Gasteiger partial charge in [0.1, 0.15) is 0 Å². The number of aliphatic carboxylic acids is 1.